The Morgan fingerprint density at radius 2 is 0.629 bits per heavy atom. The van der Waals surface area contributed by atoms with Crippen LogP contribution in [-0.4, -0.2) is 6.88 Å². The number of allylic oxidation sites excluding steroid dienone is 2. The van der Waals surface area contributed by atoms with Gasteiger partial charge in [-0.1, -0.05) is 0 Å². The zero-order valence-corrected chi connectivity index (χ0v) is 50.6. The Bertz CT molecular complexity index is 2730. The number of hydrogen-bond donors (Lipinski definition) is 0. The normalized spacial score (nSPS) is 15.2. The summed E-state index contributed by atoms with van der Waals surface area (Å²) in [5.74, 6) is 0. The SMILES string of the molecule is CCCCCCCC1=Cc2c(-c3cc(C)cc(C)c3)ccc(-c3cc(C)cc(C)c3)c2[CH]1[Zr]([CH3])([CH3])(=[SiH2])[CH]1C(CCCCCCC)=Cc2c(-c3cc(C)cc(C)c3)ccc(-c3cc(C)cc(C)c3)c21.Cl.Cl. The van der Waals surface area contributed by atoms with E-state index in [1.807, 2.05) is 0 Å². The van der Waals surface area contributed by atoms with Crippen LogP contribution in [-0.2, 0) is 17.4 Å². The maximum atomic E-state index is 2.93. The van der Waals surface area contributed by atoms with Crippen molar-refractivity contribution in [3.63, 3.8) is 0 Å². The largest absolute Gasteiger partial charge is 0.147 e. The van der Waals surface area contributed by atoms with E-state index in [2.05, 4.69) is 195 Å². The van der Waals surface area contributed by atoms with Crippen LogP contribution in [0.2, 0.25) is 9.26 Å². The van der Waals surface area contributed by atoms with Gasteiger partial charge in [-0.3, -0.25) is 0 Å². The summed E-state index contributed by atoms with van der Waals surface area (Å²) in [6, 6.07) is 39.1. The zero-order chi connectivity index (χ0) is 48.5. The second-order valence-corrected chi connectivity index (χ2v) is 53.5. The maximum absolute atomic E-state index is 4.30. The average Bonchev–Trinajstić information content (AvgIpc) is 3.85. The molecule has 0 fully saturated rings. The van der Waals surface area contributed by atoms with Gasteiger partial charge in [0.05, 0.1) is 0 Å². The van der Waals surface area contributed by atoms with Crippen molar-refractivity contribution in [1.82, 2.24) is 0 Å². The zero-order valence-electron chi connectivity index (χ0n) is 45.1. The first-order chi connectivity index (χ1) is 32.4. The molecule has 2 aliphatic carbocycles. The molecule has 2 unspecified atom stereocenters. The fourth-order valence-electron chi connectivity index (χ4n) is 13.3. The van der Waals surface area contributed by atoms with E-state index in [9.17, 15) is 0 Å². The quantitative estimate of drug-likeness (QED) is 0.0594. The molecular formula is C66H84Cl2SiZr. The van der Waals surface area contributed by atoms with Gasteiger partial charge in [0.25, 0.3) is 0 Å². The third-order valence-corrected chi connectivity index (χ3v) is 33.1. The van der Waals surface area contributed by atoms with Gasteiger partial charge < -0.3 is 0 Å². The second-order valence-electron chi connectivity index (χ2n) is 23.1. The van der Waals surface area contributed by atoms with Gasteiger partial charge in [-0.25, -0.2) is 0 Å². The number of rotatable bonds is 18. The van der Waals surface area contributed by atoms with Crippen LogP contribution in [0.5, 0.6) is 0 Å². The van der Waals surface area contributed by atoms with E-state index in [0.717, 1.165) is 0 Å². The third-order valence-electron chi connectivity index (χ3n) is 15.7. The van der Waals surface area contributed by atoms with Crippen molar-refractivity contribution >= 4 is 43.8 Å². The fourth-order valence-corrected chi connectivity index (χ4v) is 32.9. The molecule has 4 heteroatoms. The predicted molar refractivity (Wildman–Crippen MR) is 315 cm³/mol. The first-order valence-corrected chi connectivity index (χ1v) is 40.3. The van der Waals surface area contributed by atoms with E-state index >= 15 is 0 Å². The molecule has 0 amide bonds. The van der Waals surface area contributed by atoms with Crippen LogP contribution in [0.1, 0.15) is 165 Å². The number of hydrogen-bond acceptors (Lipinski definition) is 0. The molecule has 0 aliphatic heterocycles. The van der Waals surface area contributed by atoms with E-state index in [4.69, 9.17) is 0 Å². The minimum atomic E-state index is -4.30. The molecule has 0 aromatic heterocycles. The predicted octanol–water partition coefficient (Wildman–Crippen LogP) is 20.3. The average molecular weight is 1070 g/mol. The summed E-state index contributed by atoms with van der Waals surface area (Å²) in [7, 11) is 0. The molecule has 0 heterocycles. The molecule has 2 aliphatic rings. The van der Waals surface area contributed by atoms with Crippen molar-refractivity contribution < 1.29 is 17.4 Å². The molecule has 0 saturated carbocycles. The number of aryl methyl sites for hydroxylation is 8. The Hall–Kier alpha value is -3.52. The molecule has 0 nitrogen and oxygen atoms in total. The summed E-state index contributed by atoms with van der Waals surface area (Å²) < 4.78 is 6.65. The smallest absolute Gasteiger partial charge is 0.147 e. The van der Waals surface area contributed by atoms with Crippen molar-refractivity contribution in [2.45, 2.75) is 163 Å². The van der Waals surface area contributed by atoms with Crippen molar-refractivity contribution in [1.29, 1.82) is 0 Å². The Kier molecular flexibility index (Phi) is 18.4. The van der Waals surface area contributed by atoms with Gasteiger partial charge in [0, 0.05) is 0 Å². The van der Waals surface area contributed by atoms with E-state index in [0.29, 0.717) is 7.25 Å². The minimum Gasteiger partial charge on any atom is -0.147 e. The van der Waals surface area contributed by atoms with Crippen LogP contribution in [0.25, 0.3) is 56.7 Å². The Labute approximate surface area is 440 Å². The Morgan fingerprint density at radius 3 is 0.914 bits per heavy atom. The van der Waals surface area contributed by atoms with Crippen LogP contribution in [0.15, 0.2) is 108 Å². The van der Waals surface area contributed by atoms with Crippen LogP contribution in [0.4, 0.5) is 0 Å². The molecule has 0 bridgehead atoms. The van der Waals surface area contributed by atoms with E-state index < -0.39 is 17.4 Å². The van der Waals surface area contributed by atoms with Crippen LogP contribution < -0.4 is 0 Å². The molecule has 8 rings (SSSR count). The van der Waals surface area contributed by atoms with Crippen molar-refractivity contribution in [3.05, 3.63) is 175 Å². The topological polar surface area (TPSA) is 0 Å². The van der Waals surface area contributed by atoms with E-state index in [-0.39, 0.29) is 24.8 Å². The Morgan fingerprint density at radius 1 is 0.371 bits per heavy atom. The summed E-state index contributed by atoms with van der Waals surface area (Å²) in [5, 5.41) is 0. The molecule has 370 valence electrons. The van der Waals surface area contributed by atoms with E-state index in [1.165, 1.54) is 177 Å². The summed E-state index contributed by atoms with van der Waals surface area (Å²) in [6.07, 6.45) is 20.9. The molecule has 0 N–H and O–H groups in total. The number of fused-ring (bicyclic) bond motifs is 2. The van der Waals surface area contributed by atoms with E-state index in [1.54, 1.807) is 22.3 Å². The fraction of sp³-hybridized carbons (Fsp3) is 0.394. The standard InChI is InChI=1S/2C32H37.2CH3.2ClH.H2Si.Zr/c2*1-6-7-8-9-10-11-26-20-31-29(27-16-22(2)14-23(3)17-27)12-13-30(32(31)21-26)28-18-24(4)15-25(5)19-28;;;;;;/h2*12-21H,6-11H2,1-5H3;2*1H3;2*1H;1H2;. The molecular weight excluding hydrogens is 983 g/mol. The first-order valence-electron chi connectivity index (χ1n) is 26.6. The van der Waals surface area contributed by atoms with Gasteiger partial charge in [0.1, 0.15) is 0 Å². The minimum absolute atomic E-state index is 0. The van der Waals surface area contributed by atoms with Crippen LogP contribution >= 0.6 is 24.8 Å². The van der Waals surface area contributed by atoms with Gasteiger partial charge in [-0.05, 0) is 0 Å². The molecule has 6 aromatic rings. The molecule has 70 heavy (non-hydrogen) atoms. The van der Waals surface area contributed by atoms with Gasteiger partial charge in [-0.2, -0.15) is 0 Å². The molecule has 0 radical (unpaired) electrons. The molecule has 0 spiro atoms. The molecule has 6 aromatic carbocycles. The van der Waals surface area contributed by atoms with Crippen molar-refractivity contribution in [2.24, 2.45) is 0 Å². The van der Waals surface area contributed by atoms with Crippen LogP contribution in [0.3, 0.4) is 0 Å². The summed E-state index contributed by atoms with van der Waals surface area (Å²) in [5.41, 5.74) is 31.7. The number of benzene rings is 6. The summed E-state index contributed by atoms with van der Waals surface area (Å²) in [6.45, 7) is 25.5. The Balaban J connectivity index is 0.00000402. The monoisotopic (exact) mass is 1060 g/mol. The number of unbranched alkanes of at least 4 members (excludes halogenated alkanes) is 8. The first kappa shape index (κ1) is 55.8. The van der Waals surface area contributed by atoms with Gasteiger partial charge >= 0.3 is 419 Å². The van der Waals surface area contributed by atoms with Gasteiger partial charge in [0.2, 0.25) is 0 Å². The maximum Gasteiger partial charge on any atom is -0.147 e. The molecule has 0 saturated heterocycles. The second kappa shape index (κ2) is 23.1. The number of halogens is 2. The van der Waals surface area contributed by atoms with Crippen LogP contribution in [0, 0.1) is 55.4 Å². The summed E-state index contributed by atoms with van der Waals surface area (Å²) in [4.78, 5) is 0. The van der Waals surface area contributed by atoms with Crippen molar-refractivity contribution in [3.8, 4) is 44.5 Å². The van der Waals surface area contributed by atoms with Gasteiger partial charge in [-0.15, -0.1) is 24.8 Å². The third kappa shape index (κ3) is 11.8. The molecule has 2 atom stereocenters. The van der Waals surface area contributed by atoms with Crippen molar-refractivity contribution in [2.75, 3.05) is 0 Å². The summed E-state index contributed by atoms with van der Waals surface area (Å²) >= 11 is -4.30. The van der Waals surface area contributed by atoms with Gasteiger partial charge in [0.15, 0.2) is 0 Å².